The van der Waals surface area contributed by atoms with Crippen molar-refractivity contribution < 1.29 is 19.0 Å². The van der Waals surface area contributed by atoms with Gasteiger partial charge in [-0.2, -0.15) is 0 Å². The number of rotatable bonds is 5. The summed E-state index contributed by atoms with van der Waals surface area (Å²) in [7, 11) is 0. The van der Waals surface area contributed by atoms with Gasteiger partial charge in [0, 0.05) is 0 Å². The van der Waals surface area contributed by atoms with E-state index in [1.807, 2.05) is 13.8 Å². The molecule has 1 saturated heterocycles. The van der Waals surface area contributed by atoms with Gasteiger partial charge in [0.15, 0.2) is 0 Å². The van der Waals surface area contributed by atoms with Gasteiger partial charge in [0.05, 0.1) is 30.3 Å². The molecule has 0 aromatic rings. The number of carbonyl (C=O) groups excluding carboxylic acids is 1. The summed E-state index contributed by atoms with van der Waals surface area (Å²) in [5.41, 5.74) is 0.0670. The predicted molar refractivity (Wildman–Crippen MR) is 62.7 cm³/mol. The van der Waals surface area contributed by atoms with Crippen molar-refractivity contribution in [1.29, 1.82) is 0 Å². The maximum Gasteiger partial charge on any atom is 0.309 e. The van der Waals surface area contributed by atoms with E-state index in [0.29, 0.717) is 13.2 Å². The maximum absolute atomic E-state index is 11.8. The second kappa shape index (κ2) is 4.94. The zero-order chi connectivity index (χ0) is 12.5. The van der Waals surface area contributed by atoms with Crippen LogP contribution in [0.3, 0.4) is 0 Å². The Labute approximate surface area is 103 Å². The normalized spacial score (nSPS) is 35.5. The maximum atomic E-state index is 11.8. The highest BCUT2D eigenvalue weighted by Crippen LogP contribution is 2.49. The molecule has 0 N–H and O–H groups in total. The summed E-state index contributed by atoms with van der Waals surface area (Å²) in [4.78, 5) is 11.8. The third-order valence-corrected chi connectivity index (χ3v) is 3.64. The number of hydrogen-bond donors (Lipinski definition) is 0. The molecule has 98 valence electrons. The molecule has 0 spiro atoms. The lowest BCUT2D eigenvalue weighted by atomic mass is 9.83. The first-order valence-corrected chi connectivity index (χ1v) is 6.47. The van der Waals surface area contributed by atoms with Gasteiger partial charge in [0.1, 0.15) is 6.61 Å². The number of carbonyl (C=O) groups is 1. The Balaban J connectivity index is 1.63. The fraction of sp³-hybridized carbons (Fsp3) is 0.923. The Hall–Kier alpha value is -0.610. The van der Waals surface area contributed by atoms with Gasteiger partial charge in [-0.1, -0.05) is 0 Å². The number of hydrogen-bond acceptors (Lipinski definition) is 4. The Morgan fingerprint density at radius 1 is 1.47 bits per heavy atom. The van der Waals surface area contributed by atoms with E-state index < -0.39 is 0 Å². The van der Waals surface area contributed by atoms with Crippen molar-refractivity contribution >= 4 is 5.97 Å². The summed E-state index contributed by atoms with van der Waals surface area (Å²) in [5.74, 6) is -0.0652. The lowest BCUT2D eigenvalue weighted by molar-refractivity contribution is -0.151. The summed E-state index contributed by atoms with van der Waals surface area (Å²) in [6.45, 7) is 6.89. The highest BCUT2D eigenvalue weighted by molar-refractivity contribution is 5.72. The van der Waals surface area contributed by atoms with Crippen LogP contribution in [0.1, 0.15) is 40.0 Å². The van der Waals surface area contributed by atoms with Crippen LogP contribution in [0.2, 0.25) is 0 Å². The standard InChI is InChI=1S/C13H22O4/c1-9(2)15-6-7-16-12(14)10-4-5-13(3)11(8-10)17-13/h9-11H,4-8H2,1-3H3. The second-order valence-electron chi connectivity index (χ2n) is 5.48. The van der Waals surface area contributed by atoms with Crippen molar-refractivity contribution in [3.63, 3.8) is 0 Å². The number of ether oxygens (including phenoxy) is 3. The Morgan fingerprint density at radius 2 is 2.24 bits per heavy atom. The van der Waals surface area contributed by atoms with E-state index in [9.17, 15) is 4.79 Å². The molecule has 3 unspecified atom stereocenters. The van der Waals surface area contributed by atoms with Crippen LogP contribution >= 0.6 is 0 Å². The third-order valence-electron chi connectivity index (χ3n) is 3.64. The van der Waals surface area contributed by atoms with Crippen LogP contribution < -0.4 is 0 Å². The van der Waals surface area contributed by atoms with Crippen molar-refractivity contribution in [2.24, 2.45) is 5.92 Å². The fourth-order valence-electron chi connectivity index (χ4n) is 2.40. The molecule has 3 atom stereocenters. The molecule has 4 heteroatoms. The van der Waals surface area contributed by atoms with Gasteiger partial charge in [-0.25, -0.2) is 0 Å². The first kappa shape index (κ1) is 12.8. The lowest BCUT2D eigenvalue weighted by Gasteiger charge is -2.20. The highest BCUT2D eigenvalue weighted by atomic mass is 16.6. The number of esters is 1. The van der Waals surface area contributed by atoms with E-state index in [1.165, 1.54) is 0 Å². The molecule has 0 aromatic carbocycles. The van der Waals surface area contributed by atoms with Gasteiger partial charge in [-0.15, -0.1) is 0 Å². The molecule has 1 saturated carbocycles. The molecule has 2 rings (SSSR count). The molecular weight excluding hydrogens is 220 g/mol. The molecule has 2 aliphatic rings. The number of epoxide rings is 1. The van der Waals surface area contributed by atoms with E-state index in [-0.39, 0.29) is 29.7 Å². The van der Waals surface area contributed by atoms with Gasteiger partial charge in [-0.3, -0.25) is 4.79 Å². The lowest BCUT2D eigenvalue weighted by Crippen LogP contribution is -2.28. The van der Waals surface area contributed by atoms with Crippen LogP contribution in [-0.2, 0) is 19.0 Å². The molecule has 2 fully saturated rings. The predicted octanol–water partition coefficient (Wildman–Crippen LogP) is 1.91. The Kier molecular flexibility index (Phi) is 3.73. The highest BCUT2D eigenvalue weighted by Gasteiger charge is 2.56. The zero-order valence-electron chi connectivity index (χ0n) is 10.9. The zero-order valence-corrected chi connectivity index (χ0v) is 10.9. The average Bonchev–Trinajstić information content (AvgIpc) is 2.94. The molecule has 1 aliphatic heterocycles. The molecule has 0 aromatic heterocycles. The summed E-state index contributed by atoms with van der Waals surface area (Å²) < 4.78 is 16.1. The Bertz CT molecular complexity index is 289. The minimum atomic E-state index is -0.0880. The topological polar surface area (TPSA) is 48.1 Å². The van der Waals surface area contributed by atoms with Crippen molar-refractivity contribution in [2.75, 3.05) is 13.2 Å². The molecule has 1 heterocycles. The molecule has 4 nitrogen and oxygen atoms in total. The van der Waals surface area contributed by atoms with Gasteiger partial charge in [-0.05, 0) is 40.0 Å². The summed E-state index contributed by atoms with van der Waals surface area (Å²) in [6.07, 6.45) is 3.14. The minimum absolute atomic E-state index is 0.0228. The van der Waals surface area contributed by atoms with Crippen molar-refractivity contribution in [2.45, 2.75) is 57.8 Å². The smallest absolute Gasteiger partial charge is 0.309 e. The van der Waals surface area contributed by atoms with Crippen LogP contribution in [0.25, 0.3) is 0 Å². The molecule has 0 radical (unpaired) electrons. The largest absolute Gasteiger partial charge is 0.463 e. The monoisotopic (exact) mass is 242 g/mol. The second-order valence-corrected chi connectivity index (χ2v) is 5.48. The number of fused-ring (bicyclic) bond motifs is 1. The van der Waals surface area contributed by atoms with Crippen molar-refractivity contribution in [3.8, 4) is 0 Å². The Morgan fingerprint density at radius 3 is 2.88 bits per heavy atom. The van der Waals surface area contributed by atoms with Crippen LogP contribution in [0.15, 0.2) is 0 Å². The van der Waals surface area contributed by atoms with Gasteiger partial charge in [0.25, 0.3) is 0 Å². The summed E-state index contributed by atoms with van der Waals surface area (Å²) in [6, 6.07) is 0. The van der Waals surface area contributed by atoms with Gasteiger partial charge < -0.3 is 14.2 Å². The van der Waals surface area contributed by atoms with Crippen LogP contribution in [0, 0.1) is 5.92 Å². The van der Waals surface area contributed by atoms with E-state index >= 15 is 0 Å². The first-order chi connectivity index (χ1) is 8.01. The van der Waals surface area contributed by atoms with Crippen molar-refractivity contribution in [3.05, 3.63) is 0 Å². The minimum Gasteiger partial charge on any atom is -0.463 e. The van der Waals surface area contributed by atoms with Gasteiger partial charge in [0.2, 0.25) is 0 Å². The third kappa shape index (κ3) is 3.19. The van der Waals surface area contributed by atoms with Gasteiger partial charge >= 0.3 is 5.97 Å². The molecule has 17 heavy (non-hydrogen) atoms. The molecule has 0 bridgehead atoms. The van der Waals surface area contributed by atoms with Crippen LogP contribution in [0.5, 0.6) is 0 Å². The van der Waals surface area contributed by atoms with E-state index in [4.69, 9.17) is 14.2 Å². The first-order valence-electron chi connectivity index (χ1n) is 6.47. The molecule has 1 aliphatic carbocycles. The SMILES string of the molecule is CC(C)OCCOC(=O)C1CCC2(C)OC2C1. The molecular formula is C13H22O4. The summed E-state index contributed by atoms with van der Waals surface area (Å²) >= 11 is 0. The fourth-order valence-corrected chi connectivity index (χ4v) is 2.40. The van der Waals surface area contributed by atoms with E-state index in [0.717, 1.165) is 19.3 Å². The van der Waals surface area contributed by atoms with Crippen molar-refractivity contribution in [1.82, 2.24) is 0 Å². The average molecular weight is 242 g/mol. The van der Waals surface area contributed by atoms with E-state index in [1.54, 1.807) is 0 Å². The summed E-state index contributed by atoms with van der Waals surface area (Å²) in [5, 5.41) is 0. The van der Waals surface area contributed by atoms with E-state index in [2.05, 4.69) is 6.92 Å². The molecule has 0 amide bonds. The van der Waals surface area contributed by atoms with Crippen LogP contribution in [0.4, 0.5) is 0 Å². The van der Waals surface area contributed by atoms with Crippen LogP contribution in [-0.4, -0.2) is 37.0 Å². The quantitative estimate of drug-likeness (QED) is 0.420.